The van der Waals surface area contributed by atoms with E-state index < -0.39 is 0 Å². The van der Waals surface area contributed by atoms with E-state index in [0.717, 1.165) is 31.0 Å². The summed E-state index contributed by atoms with van der Waals surface area (Å²) >= 11 is 0. The third-order valence-corrected chi connectivity index (χ3v) is 3.82. The second kappa shape index (κ2) is 6.68. The quantitative estimate of drug-likeness (QED) is 0.875. The van der Waals surface area contributed by atoms with Crippen molar-refractivity contribution in [3.8, 4) is 11.5 Å². The Hall–Kier alpha value is -2.57. The minimum Gasteiger partial charge on any atom is -0.493 e. The van der Waals surface area contributed by atoms with Gasteiger partial charge in [0.05, 0.1) is 20.3 Å². The number of carbonyl (C=O) groups excluding carboxylic acids is 1. The first-order chi connectivity index (χ1) is 11.2. The molecule has 0 radical (unpaired) electrons. The largest absolute Gasteiger partial charge is 0.493 e. The minimum atomic E-state index is -0.177. The molecule has 0 aliphatic carbocycles. The van der Waals surface area contributed by atoms with Crippen molar-refractivity contribution in [1.29, 1.82) is 0 Å². The predicted octanol–water partition coefficient (Wildman–Crippen LogP) is 1.56. The van der Waals surface area contributed by atoms with E-state index in [1.807, 2.05) is 6.92 Å². The van der Waals surface area contributed by atoms with Crippen LogP contribution in [0.25, 0.3) is 0 Å². The van der Waals surface area contributed by atoms with Gasteiger partial charge in [0.25, 0.3) is 5.91 Å². The monoisotopic (exact) mass is 316 g/mol. The maximum Gasteiger partial charge on any atom is 0.251 e. The van der Waals surface area contributed by atoms with E-state index in [-0.39, 0.29) is 5.91 Å². The number of hydrogen-bond donors (Lipinski definition) is 1. The maximum absolute atomic E-state index is 12.3. The maximum atomic E-state index is 12.3. The van der Waals surface area contributed by atoms with Gasteiger partial charge in [0, 0.05) is 18.5 Å². The molecule has 2 aromatic rings. The fourth-order valence-electron chi connectivity index (χ4n) is 2.69. The van der Waals surface area contributed by atoms with Gasteiger partial charge in [-0.3, -0.25) is 4.79 Å². The Balaban J connectivity index is 1.69. The van der Waals surface area contributed by atoms with E-state index in [2.05, 4.69) is 20.1 Å². The molecule has 0 fully saturated rings. The third-order valence-electron chi connectivity index (χ3n) is 3.82. The number of nitrogens with zero attached hydrogens (tertiary/aromatic N) is 3. The van der Waals surface area contributed by atoms with Gasteiger partial charge in [-0.05, 0) is 31.5 Å². The van der Waals surface area contributed by atoms with Crippen LogP contribution in [0.4, 0.5) is 0 Å². The van der Waals surface area contributed by atoms with Crippen LogP contribution < -0.4 is 14.8 Å². The molecule has 2 heterocycles. The average molecular weight is 316 g/mol. The average Bonchev–Trinajstić information content (AvgIpc) is 3.16. The molecule has 7 heteroatoms. The van der Waals surface area contributed by atoms with Gasteiger partial charge in [0.15, 0.2) is 17.3 Å². The van der Waals surface area contributed by atoms with Crippen LogP contribution in [-0.4, -0.2) is 34.4 Å². The summed E-state index contributed by atoms with van der Waals surface area (Å²) in [6, 6.07) is 5.13. The summed E-state index contributed by atoms with van der Waals surface area (Å²) in [5.74, 6) is 2.79. The molecule has 0 saturated heterocycles. The molecule has 1 N–H and O–H groups in total. The Labute approximate surface area is 134 Å². The molecule has 122 valence electrons. The number of amides is 1. The summed E-state index contributed by atoms with van der Waals surface area (Å²) in [6.45, 7) is 3.68. The number of aromatic nitrogens is 3. The molecule has 1 aromatic carbocycles. The Morgan fingerprint density at radius 2 is 2.22 bits per heavy atom. The molecule has 0 atom stereocenters. The highest BCUT2D eigenvalue weighted by Crippen LogP contribution is 2.28. The smallest absolute Gasteiger partial charge is 0.251 e. The normalized spacial score (nSPS) is 12.8. The zero-order valence-corrected chi connectivity index (χ0v) is 13.3. The number of aryl methyl sites for hydroxylation is 1. The first-order valence-corrected chi connectivity index (χ1v) is 7.73. The number of methoxy groups -OCH3 is 1. The second-order valence-electron chi connectivity index (χ2n) is 5.27. The lowest BCUT2D eigenvalue weighted by Gasteiger charge is -2.11. The highest BCUT2D eigenvalue weighted by atomic mass is 16.5. The van der Waals surface area contributed by atoms with Crippen molar-refractivity contribution in [2.45, 2.75) is 32.9 Å². The van der Waals surface area contributed by atoms with Crippen molar-refractivity contribution in [2.75, 3.05) is 13.7 Å². The molecule has 23 heavy (non-hydrogen) atoms. The Bertz CT molecular complexity index is 711. The number of ether oxygens (including phenoxy) is 2. The van der Waals surface area contributed by atoms with E-state index in [4.69, 9.17) is 9.47 Å². The lowest BCUT2D eigenvalue weighted by atomic mass is 10.2. The van der Waals surface area contributed by atoms with Crippen LogP contribution in [0.3, 0.4) is 0 Å². The molecule has 0 bridgehead atoms. The molecular weight excluding hydrogens is 296 g/mol. The molecule has 0 spiro atoms. The molecule has 1 aromatic heterocycles. The number of hydrogen-bond acceptors (Lipinski definition) is 5. The number of benzene rings is 1. The molecule has 0 unspecified atom stereocenters. The highest BCUT2D eigenvalue weighted by Gasteiger charge is 2.18. The molecule has 1 aliphatic heterocycles. The van der Waals surface area contributed by atoms with Crippen molar-refractivity contribution in [1.82, 2.24) is 20.1 Å². The van der Waals surface area contributed by atoms with Crippen molar-refractivity contribution in [2.24, 2.45) is 0 Å². The van der Waals surface area contributed by atoms with Gasteiger partial charge in [0.2, 0.25) is 0 Å². The van der Waals surface area contributed by atoms with Crippen molar-refractivity contribution < 1.29 is 14.3 Å². The first-order valence-electron chi connectivity index (χ1n) is 7.73. The standard InChI is InChI=1S/C16H20N4O3/c1-3-23-13-9-11(6-7-12(13)22-2)16(21)17-10-15-19-18-14-5-4-8-20(14)15/h6-7,9H,3-5,8,10H2,1-2H3,(H,17,21). The number of carbonyl (C=O) groups is 1. The first kappa shape index (κ1) is 15.3. The van der Waals surface area contributed by atoms with Gasteiger partial charge in [-0.25, -0.2) is 0 Å². The second-order valence-corrected chi connectivity index (χ2v) is 5.27. The van der Waals surface area contributed by atoms with Gasteiger partial charge >= 0.3 is 0 Å². The fraction of sp³-hybridized carbons (Fsp3) is 0.438. The third kappa shape index (κ3) is 3.13. The van der Waals surface area contributed by atoms with Crippen LogP contribution in [0.5, 0.6) is 11.5 Å². The zero-order valence-electron chi connectivity index (χ0n) is 13.3. The summed E-state index contributed by atoms with van der Waals surface area (Å²) < 4.78 is 12.8. The molecule has 3 rings (SSSR count). The van der Waals surface area contributed by atoms with Crippen molar-refractivity contribution >= 4 is 5.91 Å². The Morgan fingerprint density at radius 1 is 1.35 bits per heavy atom. The number of nitrogens with one attached hydrogen (secondary N) is 1. The van der Waals surface area contributed by atoms with Crippen LogP contribution in [0, 0.1) is 0 Å². The summed E-state index contributed by atoms with van der Waals surface area (Å²) in [4.78, 5) is 12.3. The van der Waals surface area contributed by atoms with Crippen LogP contribution >= 0.6 is 0 Å². The topological polar surface area (TPSA) is 78.3 Å². The summed E-state index contributed by atoms with van der Waals surface area (Å²) in [5, 5.41) is 11.1. The van der Waals surface area contributed by atoms with Crippen molar-refractivity contribution in [3.63, 3.8) is 0 Å². The van der Waals surface area contributed by atoms with Crippen LogP contribution in [0.15, 0.2) is 18.2 Å². The zero-order chi connectivity index (χ0) is 16.2. The van der Waals surface area contributed by atoms with Crippen LogP contribution in [0.1, 0.15) is 35.4 Å². The summed E-state index contributed by atoms with van der Waals surface area (Å²) in [7, 11) is 1.57. The van der Waals surface area contributed by atoms with Gasteiger partial charge in [-0.15, -0.1) is 10.2 Å². The molecule has 0 saturated carbocycles. The van der Waals surface area contributed by atoms with Gasteiger partial charge < -0.3 is 19.4 Å². The van der Waals surface area contributed by atoms with Gasteiger partial charge in [-0.2, -0.15) is 0 Å². The Kier molecular flexibility index (Phi) is 4.45. The van der Waals surface area contributed by atoms with Crippen molar-refractivity contribution in [3.05, 3.63) is 35.4 Å². The summed E-state index contributed by atoms with van der Waals surface area (Å²) in [6.07, 6.45) is 2.04. The SMILES string of the molecule is CCOc1cc(C(=O)NCc2nnc3n2CCC3)ccc1OC. The van der Waals surface area contributed by atoms with E-state index in [1.165, 1.54) is 0 Å². The summed E-state index contributed by atoms with van der Waals surface area (Å²) in [5.41, 5.74) is 0.524. The lowest BCUT2D eigenvalue weighted by molar-refractivity contribution is 0.0949. The van der Waals surface area contributed by atoms with Gasteiger partial charge in [-0.1, -0.05) is 0 Å². The number of rotatable bonds is 6. The van der Waals surface area contributed by atoms with Crippen LogP contribution in [-0.2, 0) is 19.5 Å². The minimum absolute atomic E-state index is 0.177. The van der Waals surface area contributed by atoms with E-state index in [0.29, 0.717) is 30.2 Å². The number of fused-ring (bicyclic) bond motifs is 1. The molecule has 7 nitrogen and oxygen atoms in total. The molecular formula is C16H20N4O3. The molecule has 1 aliphatic rings. The van der Waals surface area contributed by atoms with E-state index in [9.17, 15) is 4.79 Å². The van der Waals surface area contributed by atoms with Gasteiger partial charge in [0.1, 0.15) is 5.82 Å². The Morgan fingerprint density at radius 3 is 3.00 bits per heavy atom. The fourth-order valence-corrected chi connectivity index (χ4v) is 2.69. The lowest BCUT2D eigenvalue weighted by Crippen LogP contribution is -2.24. The van der Waals surface area contributed by atoms with E-state index in [1.54, 1.807) is 25.3 Å². The molecule has 1 amide bonds. The van der Waals surface area contributed by atoms with E-state index >= 15 is 0 Å². The predicted molar refractivity (Wildman–Crippen MR) is 83.7 cm³/mol. The highest BCUT2D eigenvalue weighted by molar-refractivity contribution is 5.94. The van der Waals surface area contributed by atoms with Crippen LogP contribution in [0.2, 0.25) is 0 Å².